The lowest BCUT2D eigenvalue weighted by atomic mass is 10.1. The lowest BCUT2D eigenvalue weighted by molar-refractivity contribution is 0.350. The van der Waals surface area contributed by atoms with E-state index in [1.807, 2.05) is 0 Å². The van der Waals surface area contributed by atoms with Gasteiger partial charge in [0.15, 0.2) is 0 Å². The summed E-state index contributed by atoms with van der Waals surface area (Å²) < 4.78 is 31.8. The number of nitrogens with one attached hydrogen (secondary N) is 1. The SMILES string of the molecule is CC1CC1CN(C)S(=O)(=O)c1ccc(CNC(C)(C)C)o1. The minimum absolute atomic E-state index is 0.0315. The molecule has 0 aliphatic heterocycles. The summed E-state index contributed by atoms with van der Waals surface area (Å²) in [6, 6.07) is 3.26. The second-order valence-corrected chi connectivity index (χ2v) is 9.06. The molecular weight excluding hydrogens is 288 g/mol. The average Bonchev–Trinajstić information content (AvgIpc) is 2.89. The molecule has 0 bridgehead atoms. The summed E-state index contributed by atoms with van der Waals surface area (Å²) in [5, 5.41) is 3.31. The van der Waals surface area contributed by atoms with Gasteiger partial charge in [-0.2, -0.15) is 4.31 Å². The monoisotopic (exact) mass is 314 g/mol. The molecular formula is C15H26N2O3S. The van der Waals surface area contributed by atoms with E-state index in [0.29, 0.717) is 30.7 Å². The van der Waals surface area contributed by atoms with Gasteiger partial charge in [-0.25, -0.2) is 8.42 Å². The summed E-state index contributed by atoms with van der Waals surface area (Å²) >= 11 is 0. The predicted molar refractivity (Wildman–Crippen MR) is 82.4 cm³/mol. The number of furan rings is 1. The van der Waals surface area contributed by atoms with E-state index in [-0.39, 0.29) is 10.6 Å². The Morgan fingerprint density at radius 3 is 2.52 bits per heavy atom. The van der Waals surface area contributed by atoms with Crippen LogP contribution in [0.4, 0.5) is 0 Å². The number of hydrogen-bond acceptors (Lipinski definition) is 4. The zero-order chi connectivity index (χ0) is 15.8. The summed E-state index contributed by atoms with van der Waals surface area (Å²) in [5.74, 6) is 1.75. The van der Waals surface area contributed by atoms with Gasteiger partial charge in [0, 0.05) is 19.1 Å². The first-order valence-electron chi connectivity index (χ1n) is 7.39. The second-order valence-electron chi connectivity index (χ2n) is 7.08. The fraction of sp³-hybridized carbons (Fsp3) is 0.733. The van der Waals surface area contributed by atoms with E-state index in [1.165, 1.54) is 4.31 Å². The van der Waals surface area contributed by atoms with E-state index in [9.17, 15) is 8.42 Å². The van der Waals surface area contributed by atoms with Crippen molar-refractivity contribution in [2.45, 2.75) is 51.3 Å². The molecule has 1 heterocycles. The molecule has 1 aliphatic carbocycles. The number of rotatable bonds is 6. The molecule has 1 aromatic rings. The largest absolute Gasteiger partial charge is 0.447 e. The van der Waals surface area contributed by atoms with Gasteiger partial charge in [-0.15, -0.1) is 0 Å². The molecule has 21 heavy (non-hydrogen) atoms. The van der Waals surface area contributed by atoms with Gasteiger partial charge < -0.3 is 9.73 Å². The van der Waals surface area contributed by atoms with Gasteiger partial charge in [-0.3, -0.25) is 0 Å². The highest BCUT2D eigenvalue weighted by Gasteiger charge is 2.36. The van der Waals surface area contributed by atoms with Gasteiger partial charge in [-0.1, -0.05) is 6.92 Å². The summed E-state index contributed by atoms with van der Waals surface area (Å²) in [5.41, 5.74) is -0.0370. The van der Waals surface area contributed by atoms with Crippen LogP contribution in [-0.2, 0) is 16.6 Å². The third-order valence-corrected chi connectivity index (χ3v) is 5.56. The van der Waals surface area contributed by atoms with Crippen LogP contribution in [0.1, 0.15) is 39.9 Å². The van der Waals surface area contributed by atoms with Crippen LogP contribution in [0.2, 0.25) is 0 Å². The van der Waals surface area contributed by atoms with Crippen LogP contribution in [-0.4, -0.2) is 31.9 Å². The van der Waals surface area contributed by atoms with Crippen molar-refractivity contribution in [1.82, 2.24) is 9.62 Å². The van der Waals surface area contributed by atoms with Crippen molar-refractivity contribution in [3.8, 4) is 0 Å². The smallest absolute Gasteiger partial charge is 0.276 e. The maximum absolute atomic E-state index is 12.4. The number of sulfonamides is 1. The Hall–Kier alpha value is -0.850. The van der Waals surface area contributed by atoms with Crippen molar-refractivity contribution >= 4 is 10.0 Å². The lowest BCUT2D eigenvalue weighted by Gasteiger charge is -2.19. The zero-order valence-electron chi connectivity index (χ0n) is 13.5. The van der Waals surface area contributed by atoms with E-state index in [0.717, 1.165) is 6.42 Å². The van der Waals surface area contributed by atoms with E-state index in [2.05, 4.69) is 33.0 Å². The quantitative estimate of drug-likeness (QED) is 0.876. The molecule has 0 spiro atoms. The molecule has 1 aromatic heterocycles. The van der Waals surface area contributed by atoms with Gasteiger partial charge in [0.25, 0.3) is 10.0 Å². The summed E-state index contributed by atoms with van der Waals surface area (Å²) in [6.07, 6.45) is 1.11. The molecule has 1 N–H and O–H groups in total. The predicted octanol–water partition coefficient (Wildman–Crippen LogP) is 2.44. The molecule has 2 unspecified atom stereocenters. The van der Waals surface area contributed by atoms with Crippen LogP contribution < -0.4 is 5.32 Å². The standard InChI is InChI=1S/C15H26N2O3S/c1-11-8-12(11)10-17(5)21(18,19)14-7-6-13(20-14)9-16-15(2,3)4/h6-7,11-12,16H,8-10H2,1-5H3. The molecule has 0 amide bonds. The van der Waals surface area contributed by atoms with Gasteiger partial charge in [0.1, 0.15) is 5.76 Å². The van der Waals surface area contributed by atoms with Crippen molar-refractivity contribution in [3.63, 3.8) is 0 Å². The fourth-order valence-corrected chi connectivity index (χ4v) is 3.33. The van der Waals surface area contributed by atoms with Gasteiger partial charge in [-0.05, 0) is 51.2 Å². The lowest BCUT2D eigenvalue weighted by Crippen LogP contribution is -2.34. The molecule has 1 fully saturated rings. The van der Waals surface area contributed by atoms with E-state index in [4.69, 9.17) is 4.42 Å². The molecule has 0 saturated heterocycles. The first kappa shape index (κ1) is 16.5. The maximum atomic E-state index is 12.4. The molecule has 5 nitrogen and oxygen atoms in total. The van der Waals surface area contributed by atoms with Gasteiger partial charge in [0.2, 0.25) is 5.09 Å². The van der Waals surface area contributed by atoms with Crippen LogP contribution in [0.25, 0.3) is 0 Å². The summed E-state index contributed by atoms with van der Waals surface area (Å²) in [6.45, 7) is 9.39. The molecule has 1 saturated carbocycles. The zero-order valence-corrected chi connectivity index (χ0v) is 14.3. The Bertz CT molecular complexity index is 586. The minimum atomic E-state index is -3.51. The highest BCUT2D eigenvalue weighted by Crippen LogP contribution is 2.38. The summed E-state index contributed by atoms with van der Waals surface area (Å²) in [7, 11) is -1.89. The first-order chi connectivity index (χ1) is 9.59. The third-order valence-electron chi connectivity index (χ3n) is 3.86. The number of hydrogen-bond donors (Lipinski definition) is 1. The van der Waals surface area contributed by atoms with E-state index < -0.39 is 10.0 Å². The van der Waals surface area contributed by atoms with Crippen molar-refractivity contribution in [1.29, 1.82) is 0 Å². The Balaban J connectivity index is 2.01. The van der Waals surface area contributed by atoms with Crippen LogP contribution in [0, 0.1) is 11.8 Å². The van der Waals surface area contributed by atoms with Crippen LogP contribution >= 0.6 is 0 Å². The van der Waals surface area contributed by atoms with Crippen LogP contribution in [0.3, 0.4) is 0 Å². The second kappa shape index (κ2) is 5.74. The normalized spacial score (nSPS) is 22.8. The average molecular weight is 314 g/mol. The third kappa shape index (κ3) is 4.31. The van der Waals surface area contributed by atoms with Crippen molar-refractivity contribution < 1.29 is 12.8 Å². The molecule has 120 valence electrons. The van der Waals surface area contributed by atoms with E-state index in [1.54, 1.807) is 19.2 Å². The van der Waals surface area contributed by atoms with Crippen LogP contribution in [0.15, 0.2) is 21.6 Å². The fourth-order valence-electron chi connectivity index (χ4n) is 2.18. The number of nitrogens with zero attached hydrogens (tertiary/aromatic N) is 1. The maximum Gasteiger partial charge on any atom is 0.276 e. The van der Waals surface area contributed by atoms with Crippen molar-refractivity contribution in [3.05, 3.63) is 17.9 Å². The Labute approximate surface area is 127 Å². The Kier molecular flexibility index (Phi) is 4.52. The van der Waals surface area contributed by atoms with Crippen LogP contribution in [0.5, 0.6) is 0 Å². The Morgan fingerprint density at radius 1 is 1.38 bits per heavy atom. The molecule has 0 aromatic carbocycles. The Morgan fingerprint density at radius 2 is 2.00 bits per heavy atom. The molecule has 0 radical (unpaired) electrons. The highest BCUT2D eigenvalue weighted by atomic mass is 32.2. The topological polar surface area (TPSA) is 62.6 Å². The first-order valence-corrected chi connectivity index (χ1v) is 8.84. The van der Waals surface area contributed by atoms with Gasteiger partial charge >= 0.3 is 0 Å². The molecule has 2 rings (SSSR count). The molecule has 2 atom stereocenters. The van der Waals surface area contributed by atoms with E-state index >= 15 is 0 Å². The highest BCUT2D eigenvalue weighted by molar-refractivity contribution is 7.89. The molecule has 1 aliphatic rings. The van der Waals surface area contributed by atoms with Crippen molar-refractivity contribution in [2.75, 3.05) is 13.6 Å². The summed E-state index contributed by atoms with van der Waals surface area (Å²) in [4.78, 5) is 0. The minimum Gasteiger partial charge on any atom is -0.447 e. The van der Waals surface area contributed by atoms with Crippen molar-refractivity contribution in [2.24, 2.45) is 11.8 Å². The molecule has 6 heteroatoms. The van der Waals surface area contributed by atoms with Gasteiger partial charge in [0.05, 0.1) is 6.54 Å².